The van der Waals surface area contributed by atoms with Gasteiger partial charge in [0.2, 0.25) is 0 Å². The Bertz CT molecular complexity index is 427. The Morgan fingerprint density at radius 1 is 1.47 bits per heavy atom. The van der Waals surface area contributed by atoms with Gasteiger partial charge < -0.3 is 15.5 Å². The Morgan fingerprint density at radius 3 is 2.89 bits per heavy atom. The van der Waals surface area contributed by atoms with Gasteiger partial charge in [0.1, 0.15) is 0 Å². The van der Waals surface area contributed by atoms with E-state index in [1.807, 2.05) is 13.0 Å². The van der Waals surface area contributed by atoms with Crippen LogP contribution in [0, 0.1) is 0 Å². The molecule has 1 aliphatic rings. The molecule has 5 nitrogen and oxygen atoms in total. The molecule has 104 valence electrons. The van der Waals surface area contributed by atoms with Gasteiger partial charge in [0.25, 0.3) is 5.91 Å². The van der Waals surface area contributed by atoms with Crippen LogP contribution in [0.2, 0.25) is 0 Å². The fraction of sp³-hybridized carbons (Fsp3) is 0.571. The summed E-state index contributed by atoms with van der Waals surface area (Å²) in [5.74, 6) is -0.0291. The lowest BCUT2D eigenvalue weighted by molar-refractivity contribution is 0.0917. The van der Waals surface area contributed by atoms with Gasteiger partial charge in [-0.3, -0.25) is 9.78 Å². The zero-order valence-electron chi connectivity index (χ0n) is 11.6. The first-order valence-electron chi connectivity index (χ1n) is 6.88. The summed E-state index contributed by atoms with van der Waals surface area (Å²) in [5.41, 5.74) is 1.48. The van der Waals surface area contributed by atoms with Crippen LogP contribution in [0.4, 0.5) is 5.69 Å². The van der Waals surface area contributed by atoms with Gasteiger partial charge in [-0.15, -0.1) is 0 Å². The molecule has 19 heavy (non-hydrogen) atoms. The van der Waals surface area contributed by atoms with Crippen molar-refractivity contribution in [3.05, 3.63) is 24.0 Å². The van der Waals surface area contributed by atoms with E-state index >= 15 is 0 Å². The van der Waals surface area contributed by atoms with E-state index in [9.17, 15) is 4.79 Å². The molecule has 1 aromatic heterocycles. The van der Waals surface area contributed by atoms with Crippen molar-refractivity contribution in [3.63, 3.8) is 0 Å². The normalized spacial score (nSPS) is 17.2. The lowest BCUT2D eigenvalue weighted by Crippen LogP contribution is -2.43. The summed E-state index contributed by atoms with van der Waals surface area (Å²) in [7, 11) is 2.11. The number of anilines is 1. The van der Waals surface area contributed by atoms with Crippen LogP contribution in [0.15, 0.2) is 18.5 Å². The number of nitrogens with zero attached hydrogens (tertiary/aromatic N) is 2. The van der Waals surface area contributed by atoms with E-state index < -0.39 is 0 Å². The zero-order valence-corrected chi connectivity index (χ0v) is 11.6. The molecule has 2 rings (SSSR count). The molecule has 1 aliphatic heterocycles. The first-order chi connectivity index (χ1) is 9.20. The number of pyridine rings is 1. The Hall–Kier alpha value is -1.62. The van der Waals surface area contributed by atoms with Crippen LogP contribution in [0.25, 0.3) is 0 Å². The van der Waals surface area contributed by atoms with E-state index in [0.29, 0.717) is 5.56 Å². The molecule has 2 heterocycles. The first-order valence-corrected chi connectivity index (χ1v) is 6.88. The third-order valence-electron chi connectivity index (χ3n) is 3.49. The minimum Gasteiger partial charge on any atom is -0.385 e. The van der Waals surface area contributed by atoms with E-state index in [2.05, 4.69) is 27.6 Å². The first kappa shape index (κ1) is 13.8. The van der Waals surface area contributed by atoms with E-state index in [0.717, 1.165) is 38.2 Å². The molecule has 0 unspecified atom stereocenters. The smallest absolute Gasteiger partial charge is 0.255 e. The molecular weight excluding hydrogens is 240 g/mol. The summed E-state index contributed by atoms with van der Waals surface area (Å²) in [6.45, 7) is 4.88. The average Bonchev–Trinajstić information content (AvgIpc) is 2.42. The molecule has 0 atom stereocenters. The number of rotatable bonds is 4. The van der Waals surface area contributed by atoms with Crippen LogP contribution < -0.4 is 10.6 Å². The molecule has 1 saturated heterocycles. The lowest BCUT2D eigenvalue weighted by atomic mass is 10.0. The van der Waals surface area contributed by atoms with Crippen molar-refractivity contribution in [2.75, 3.05) is 32.0 Å². The second kappa shape index (κ2) is 6.52. The second-order valence-electron chi connectivity index (χ2n) is 5.00. The minimum absolute atomic E-state index is 0.0291. The highest BCUT2D eigenvalue weighted by Gasteiger charge is 2.20. The monoisotopic (exact) mass is 262 g/mol. The molecule has 5 heteroatoms. The largest absolute Gasteiger partial charge is 0.385 e. The zero-order chi connectivity index (χ0) is 13.7. The molecular formula is C14H22N4O. The van der Waals surface area contributed by atoms with E-state index in [-0.39, 0.29) is 11.9 Å². The van der Waals surface area contributed by atoms with Crippen molar-refractivity contribution in [2.24, 2.45) is 0 Å². The molecule has 2 N–H and O–H groups in total. The van der Waals surface area contributed by atoms with Crippen molar-refractivity contribution in [3.8, 4) is 0 Å². The molecule has 1 aromatic rings. The van der Waals surface area contributed by atoms with Crippen LogP contribution in [0.3, 0.4) is 0 Å². The summed E-state index contributed by atoms with van der Waals surface area (Å²) in [6, 6.07) is 2.12. The van der Waals surface area contributed by atoms with Gasteiger partial charge in [-0.2, -0.15) is 0 Å². The number of nitrogens with one attached hydrogen (secondary N) is 2. The maximum atomic E-state index is 12.3. The Balaban J connectivity index is 1.99. The van der Waals surface area contributed by atoms with Gasteiger partial charge in [-0.1, -0.05) is 0 Å². The van der Waals surface area contributed by atoms with E-state index in [1.165, 1.54) is 0 Å². The van der Waals surface area contributed by atoms with Gasteiger partial charge in [0.15, 0.2) is 0 Å². The Labute approximate surface area is 114 Å². The number of carbonyl (C=O) groups is 1. The number of hydrogen-bond donors (Lipinski definition) is 2. The van der Waals surface area contributed by atoms with Crippen LogP contribution >= 0.6 is 0 Å². The Kier molecular flexibility index (Phi) is 4.74. The van der Waals surface area contributed by atoms with Gasteiger partial charge in [-0.05, 0) is 46.0 Å². The Morgan fingerprint density at radius 2 is 2.21 bits per heavy atom. The molecule has 0 aromatic carbocycles. The lowest BCUT2D eigenvalue weighted by Gasteiger charge is -2.29. The number of amides is 1. The van der Waals surface area contributed by atoms with Crippen molar-refractivity contribution < 1.29 is 4.79 Å². The van der Waals surface area contributed by atoms with E-state index in [1.54, 1.807) is 12.4 Å². The maximum absolute atomic E-state index is 12.3. The third kappa shape index (κ3) is 3.67. The van der Waals surface area contributed by atoms with Crippen LogP contribution in [-0.2, 0) is 0 Å². The predicted octanol–water partition coefficient (Wildman–Crippen LogP) is 1.34. The second-order valence-corrected chi connectivity index (χ2v) is 5.00. The maximum Gasteiger partial charge on any atom is 0.255 e. The van der Waals surface area contributed by atoms with Crippen LogP contribution in [0.1, 0.15) is 30.1 Å². The average molecular weight is 262 g/mol. The van der Waals surface area contributed by atoms with Gasteiger partial charge >= 0.3 is 0 Å². The molecule has 0 aliphatic carbocycles. The highest BCUT2D eigenvalue weighted by Crippen LogP contribution is 2.15. The number of aromatic nitrogens is 1. The summed E-state index contributed by atoms with van der Waals surface area (Å²) in [6.07, 6.45) is 5.35. The molecule has 0 saturated carbocycles. The number of likely N-dealkylation sites (tertiary alicyclic amines) is 1. The van der Waals surface area contributed by atoms with Crippen molar-refractivity contribution in [2.45, 2.75) is 25.8 Å². The number of hydrogen-bond acceptors (Lipinski definition) is 4. The van der Waals surface area contributed by atoms with Gasteiger partial charge in [0.05, 0.1) is 11.3 Å². The molecule has 0 bridgehead atoms. The third-order valence-corrected chi connectivity index (χ3v) is 3.49. The van der Waals surface area contributed by atoms with Crippen molar-refractivity contribution in [1.29, 1.82) is 0 Å². The molecule has 1 fully saturated rings. The van der Waals surface area contributed by atoms with Gasteiger partial charge in [0, 0.05) is 25.0 Å². The summed E-state index contributed by atoms with van der Waals surface area (Å²) in [5, 5.41) is 6.30. The summed E-state index contributed by atoms with van der Waals surface area (Å²) < 4.78 is 0. The minimum atomic E-state index is -0.0291. The van der Waals surface area contributed by atoms with Gasteiger partial charge in [-0.25, -0.2) is 0 Å². The molecule has 1 amide bonds. The summed E-state index contributed by atoms with van der Waals surface area (Å²) in [4.78, 5) is 18.6. The van der Waals surface area contributed by atoms with Crippen LogP contribution in [-0.4, -0.2) is 48.5 Å². The topological polar surface area (TPSA) is 57.3 Å². The highest BCUT2D eigenvalue weighted by atomic mass is 16.1. The quantitative estimate of drug-likeness (QED) is 0.859. The van der Waals surface area contributed by atoms with Crippen LogP contribution in [0.5, 0.6) is 0 Å². The standard InChI is InChI=1S/C14H22N4O/c1-3-16-13-4-7-15-10-12(13)14(19)17-11-5-8-18(2)9-6-11/h4,7,10-11H,3,5-6,8-9H2,1-2H3,(H,15,16)(H,17,19). The molecule has 0 radical (unpaired) electrons. The summed E-state index contributed by atoms with van der Waals surface area (Å²) >= 11 is 0. The predicted molar refractivity (Wildman–Crippen MR) is 76.4 cm³/mol. The number of carbonyl (C=O) groups excluding carboxylic acids is 1. The van der Waals surface area contributed by atoms with Crippen molar-refractivity contribution in [1.82, 2.24) is 15.2 Å². The SMILES string of the molecule is CCNc1ccncc1C(=O)NC1CCN(C)CC1. The fourth-order valence-corrected chi connectivity index (χ4v) is 2.34. The van der Waals surface area contributed by atoms with E-state index in [4.69, 9.17) is 0 Å². The highest BCUT2D eigenvalue weighted by molar-refractivity contribution is 5.99. The molecule has 0 spiro atoms. The van der Waals surface area contributed by atoms with Crippen molar-refractivity contribution >= 4 is 11.6 Å². The number of piperidine rings is 1. The fourth-order valence-electron chi connectivity index (χ4n) is 2.34.